The van der Waals surface area contributed by atoms with Gasteiger partial charge < -0.3 is 18.9 Å². The van der Waals surface area contributed by atoms with Crippen molar-refractivity contribution < 1.29 is 23.7 Å². The van der Waals surface area contributed by atoms with E-state index in [1.165, 1.54) is 57.8 Å². The predicted octanol–water partition coefficient (Wildman–Crippen LogP) is 8.79. The third kappa shape index (κ3) is 7.73. The number of carbonyl (C=O) groups is 1. The molecule has 3 rings (SSSR count). The molecule has 1 fully saturated rings. The molecule has 2 atom stereocenters. The minimum absolute atomic E-state index is 0.460. The second kappa shape index (κ2) is 14.9. The van der Waals surface area contributed by atoms with E-state index in [1.807, 2.05) is 43.3 Å². The number of hydrogen-bond donors (Lipinski definition) is 0. The van der Waals surface area contributed by atoms with E-state index in [4.69, 9.17) is 18.9 Å². The zero-order valence-electron chi connectivity index (χ0n) is 22.4. The van der Waals surface area contributed by atoms with Gasteiger partial charge in [0.05, 0.1) is 6.61 Å². The Balaban J connectivity index is 1.43. The Morgan fingerprint density at radius 2 is 1.31 bits per heavy atom. The minimum atomic E-state index is -1.20. The maximum atomic E-state index is 11.9. The second-order valence-corrected chi connectivity index (χ2v) is 9.75. The van der Waals surface area contributed by atoms with Crippen LogP contribution in [0.1, 0.15) is 96.5 Å². The van der Waals surface area contributed by atoms with E-state index in [2.05, 4.69) is 19.1 Å². The molecular weight excluding hydrogens is 452 g/mol. The highest BCUT2D eigenvalue weighted by Gasteiger charge is 2.53. The smallest absolute Gasteiger partial charge is 0.494 e. The van der Waals surface area contributed by atoms with Crippen LogP contribution in [0, 0.1) is 0 Å². The topological polar surface area (TPSA) is 54.0 Å². The number of hydrogen-bond acceptors (Lipinski definition) is 5. The van der Waals surface area contributed by atoms with Crippen molar-refractivity contribution >= 4 is 6.16 Å². The fraction of sp³-hybridized carbons (Fsp3) is 0.581. The summed E-state index contributed by atoms with van der Waals surface area (Å²) in [6.45, 7) is 5.08. The number of methoxy groups -OCH3 is 1. The molecule has 2 aromatic rings. The molecule has 0 aliphatic carbocycles. The van der Waals surface area contributed by atoms with E-state index in [0.717, 1.165) is 41.9 Å². The molecule has 1 aliphatic rings. The van der Waals surface area contributed by atoms with Gasteiger partial charge in [0.15, 0.2) is 6.10 Å². The van der Waals surface area contributed by atoms with E-state index in [-0.39, 0.29) is 0 Å². The largest absolute Gasteiger partial charge is 0.511 e. The summed E-state index contributed by atoms with van der Waals surface area (Å²) >= 11 is 0. The lowest BCUT2D eigenvalue weighted by Gasteiger charge is -2.29. The van der Waals surface area contributed by atoms with Crippen molar-refractivity contribution in [2.45, 2.75) is 103 Å². The Labute approximate surface area is 217 Å². The average molecular weight is 497 g/mol. The quantitative estimate of drug-likeness (QED) is 0.162. The minimum Gasteiger partial charge on any atom is -0.494 e. The van der Waals surface area contributed by atoms with Gasteiger partial charge in [0.2, 0.25) is 0 Å². The van der Waals surface area contributed by atoms with Crippen molar-refractivity contribution in [2.75, 3.05) is 13.7 Å². The first-order chi connectivity index (χ1) is 17.6. The molecule has 5 nitrogen and oxygen atoms in total. The zero-order valence-corrected chi connectivity index (χ0v) is 22.4. The Morgan fingerprint density at radius 1 is 0.750 bits per heavy atom. The molecule has 0 radical (unpaired) electrons. The zero-order chi connectivity index (χ0) is 25.6. The van der Waals surface area contributed by atoms with E-state index >= 15 is 0 Å². The normalized spacial score (nSPS) is 19.2. The van der Waals surface area contributed by atoms with E-state index in [1.54, 1.807) is 7.11 Å². The molecule has 0 aromatic heterocycles. The summed E-state index contributed by atoms with van der Waals surface area (Å²) in [5.41, 5.74) is 2.95. The van der Waals surface area contributed by atoms with E-state index < -0.39 is 18.0 Å². The van der Waals surface area contributed by atoms with Crippen molar-refractivity contribution in [1.29, 1.82) is 0 Å². The first-order valence-corrected chi connectivity index (χ1v) is 13.9. The number of rotatable bonds is 17. The number of ether oxygens (including phenoxy) is 4. The Bertz CT molecular complexity index is 892. The molecule has 1 heterocycles. The van der Waals surface area contributed by atoms with Gasteiger partial charge in [-0.1, -0.05) is 114 Å². The Kier molecular flexibility index (Phi) is 11.6. The SMILES string of the molecule is CCCCCCCCCCCCOc1ccc(-c2ccc(C3(OC)OC(=O)OC3CCC)cc2)cc1. The molecular formula is C31H44O5. The molecule has 1 aliphatic heterocycles. The average Bonchev–Trinajstić information content (AvgIpc) is 3.24. The van der Waals surface area contributed by atoms with Crippen molar-refractivity contribution in [3.63, 3.8) is 0 Å². The number of carbonyl (C=O) groups excluding carboxylic acids is 1. The van der Waals surface area contributed by atoms with E-state index in [9.17, 15) is 4.79 Å². The summed E-state index contributed by atoms with van der Waals surface area (Å²) in [5, 5.41) is 0. The number of unbranched alkanes of at least 4 members (excludes halogenated alkanes) is 9. The van der Waals surface area contributed by atoms with Crippen LogP contribution in [0.2, 0.25) is 0 Å². The summed E-state index contributed by atoms with van der Waals surface area (Å²) in [7, 11) is 1.55. The van der Waals surface area contributed by atoms with Gasteiger partial charge in [-0.05, 0) is 36.1 Å². The summed E-state index contributed by atoms with van der Waals surface area (Å²) in [6.07, 6.45) is 13.6. The number of benzene rings is 2. The maximum absolute atomic E-state index is 11.9. The molecule has 0 amide bonds. The van der Waals surface area contributed by atoms with Crippen LogP contribution >= 0.6 is 0 Å². The van der Waals surface area contributed by atoms with Crippen molar-refractivity contribution in [2.24, 2.45) is 0 Å². The first kappa shape index (κ1) is 28.0. The molecule has 0 saturated carbocycles. The fourth-order valence-corrected chi connectivity index (χ4v) is 4.87. The molecule has 0 N–H and O–H groups in total. The summed E-state index contributed by atoms with van der Waals surface area (Å²) in [5.74, 6) is -0.292. The summed E-state index contributed by atoms with van der Waals surface area (Å²) < 4.78 is 22.5. The highest BCUT2D eigenvalue weighted by molar-refractivity contribution is 5.66. The molecule has 0 spiro atoms. The molecule has 5 heteroatoms. The van der Waals surface area contributed by atoms with Gasteiger partial charge >= 0.3 is 6.16 Å². The van der Waals surface area contributed by atoms with Crippen molar-refractivity contribution in [3.8, 4) is 16.9 Å². The van der Waals surface area contributed by atoms with Crippen molar-refractivity contribution in [1.82, 2.24) is 0 Å². The van der Waals surface area contributed by atoms with E-state index in [0.29, 0.717) is 6.42 Å². The summed E-state index contributed by atoms with van der Waals surface area (Å²) in [4.78, 5) is 11.9. The third-order valence-corrected chi connectivity index (χ3v) is 6.99. The van der Waals surface area contributed by atoms with Gasteiger partial charge in [0, 0.05) is 12.7 Å². The fourth-order valence-electron chi connectivity index (χ4n) is 4.87. The molecule has 2 aromatic carbocycles. The summed E-state index contributed by atoms with van der Waals surface area (Å²) in [6, 6.07) is 16.1. The number of cyclic esters (lactones) is 2. The highest BCUT2D eigenvalue weighted by Crippen LogP contribution is 2.40. The maximum Gasteiger partial charge on any atom is 0.511 e. The van der Waals surface area contributed by atoms with Crippen LogP contribution < -0.4 is 4.74 Å². The van der Waals surface area contributed by atoms with Gasteiger partial charge in [-0.25, -0.2) is 4.79 Å². The van der Waals surface area contributed by atoms with Crippen LogP contribution in [0.5, 0.6) is 5.75 Å². The molecule has 1 saturated heterocycles. The molecule has 198 valence electrons. The Hall–Kier alpha value is -2.53. The first-order valence-electron chi connectivity index (χ1n) is 13.9. The van der Waals surface area contributed by atoms with Crippen LogP contribution in [0.4, 0.5) is 4.79 Å². The third-order valence-electron chi connectivity index (χ3n) is 6.99. The van der Waals surface area contributed by atoms with Gasteiger partial charge in [0.1, 0.15) is 5.75 Å². The van der Waals surface area contributed by atoms with Crippen LogP contribution in [-0.4, -0.2) is 26.0 Å². The van der Waals surface area contributed by atoms with Crippen molar-refractivity contribution in [3.05, 3.63) is 54.1 Å². The highest BCUT2D eigenvalue weighted by atomic mass is 16.8. The molecule has 36 heavy (non-hydrogen) atoms. The van der Waals surface area contributed by atoms with Gasteiger partial charge in [-0.3, -0.25) is 0 Å². The van der Waals surface area contributed by atoms with Crippen LogP contribution in [0.25, 0.3) is 11.1 Å². The lowest BCUT2D eigenvalue weighted by Crippen LogP contribution is -2.39. The van der Waals surface area contributed by atoms with Gasteiger partial charge in [0.25, 0.3) is 5.79 Å². The standard InChI is InChI=1S/C31H44O5/c1-4-6-7-8-9-10-11-12-13-14-24-34-28-22-18-26(19-23-28)25-16-20-27(21-17-25)31(33-3)29(15-5-2)35-30(32)36-31/h16-23,29H,4-15,24H2,1-3H3. The lowest BCUT2D eigenvalue weighted by atomic mass is 9.94. The predicted molar refractivity (Wildman–Crippen MR) is 144 cm³/mol. The monoisotopic (exact) mass is 496 g/mol. The molecule has 0 bridgehead atoms. The van der Waals surface area contributed by atoms with Crippen LogP contribution in [-0.2, 0) is 20.0 Å². The van der Waals surface area contributed by atoms with Gasteiger partial charge in [-0.15, -0.1) is 0 Å². The van der Waals surface area contributed by atoms with Gasteiger partial charge in [-0.2, -0.15) is 0 Å². The van der Waals surface area contributed by atoms with Crippen LogP contribution in [0.15, 0.2) is 48.5 Å². The lowest BCUT2D eigenvalue weighted by molar-refractivity contribution is -0.195. The molecule has 2 unspecified atom stereocenters. The Morgan fingerprint density at radius 3 is 1.86 bits per heavy atom. The van der Waals surface area contributed by atoms with Crippen LogP contribution in [0.3, 0.4) is 0 Å². The second-order valence-electron chi connectivity index (χ2n) is 9.75.